The lowest BCUT2D eigenvalue weighted by Crippen LogP contribution is -2.32. The molecule has 1 aromatic heterocycles. The second-order valence-electron chi connectivity index (χ2n) is 5.27. The second-order valence-corrected chi connectivity index (χ2v) is 5.27. The number of ketones is 1. The van der Waals surface area contributed by atoms with E-state index in [9.17, 15) is 14.7 Å². The molecule has 22 heavy (non-hydrogen) atoms. The molecule has 0 aliphatic heterocycles. The van der Waals surface area contributed by atoms with Crippen LogP contribution >= 0.6 is 0 Å². The summed E-state index contributed by atoms with van der Waals surface area (Å²) < 4.78 is 1.79. The van der Waals surface area contributed by atoms with E-state index in [2.05, 4.69) is 0 Å². The summed E-state index contributed by atoms with van der Waals surface area (Å²) in [5, 5.41) is 19.3. The summed E-state index contributed by atoms with van der Waals surface area (Å²) >= 11 is 0. The third kappa shape index (κ3) is 3.17. The van der Waals surface area contributed by atoms with Crippen LogP contribution in [0, 0.1) is 0 Å². The SMILES string of the molecule is CC(=O)C=C(C)n1cc(C[C@H](N)C(=O)O)c2cc(O)ccc21. The number of aliphatic carboxylic acids is 1. The molecule has 0 fully saturated rings. The van der Waals surface area contributed by atoms with Gasteiger partial charge in [0.2, 0.25) is 0 Å². The van der Waals surface area contributed by atoms with Gasteiger partial charge in [0.05, 0.1) is 5.52 Å². The first-order valence-corrected chi connectivity index (χ1v) is 6.80. The number of hydrogen-bond donors (Lipinski definition) is 3. The van der Waals surface area contributed by atoms with Crippen molar-refractivity contribution in [3.05, 3.63) is 36.0 Å². The molecule has 1 aromatic carbocycles. The molecule has 1 atom stereocenters. The molecule has 6 nitrogen and oxygen atoms in total. The number of carbonyl (C=O) groups is 2. The fraction of sp³-hybridized carbons (Fsp3) is 0.250. The van der Waals surface area contributed by atoms with E-state index in [1.165, 1.54) is 13.0 Å². The molecule has 2 rings (SSSR count). The topological polar surface area (TPSA) is 106 Å². The molecule has 6 heteroatoms. The predicted molar refractivity (Wildman–Crippen MR) is 83.5 cm³/mol. The highest BCUT2D eigenvalue weighted by Crippen LogP contribution is 2.28. The molecule has 0 aliphatic rings. The molecule has 0 bridgehead atoms. The first kappa shape index (κ1) is 15.8. The molecule has 0 radical (unpaired) electrons. The van der Waals surface area contributed by atoms with E-state index in [0.29, 0.717) is 16.6 Å². The Hall–Kier alpha value is -2.60. The molecule has 0 saturated carbocycles. The minimum absolute atomic E-state index is 0.0816. The van der Waals surface area contributed by atoms with Crippen molar-refractivity contribution in [3.8, 4) is 5.75 Å². The zero-order valence-corrected chi connectivity index (χ0v) is 12.4. The van der Waals surface area contributed by atoms with Gasteiger partial charge in [0, 0.05) is 29.8 Å². The average molecular weight is 302 g/mol. The van der Waals surface area contributed by atoms with Crippen molar-refractivity contribution in [3.63, 3.8) is 0 Å². The number of aromatic hydroxyl groups is 1. The minimum Gasteiger partial charge on any atom is -0.508 e. The van der Waals surface area contributed by atoms with Gasteiger partial charge < -0.3 is 20.5 Å². The number of benzene rings is 1. The van der Waals surface area contributed by atoms with Crippen molar-refractivity contribution < 1.29 is 19.8 Å². The predicted octanol–water partition coefficient (Wildman–Crippen LogP) is 1.75. The van der Waals surface area contributed by atoms with E-state index in [0.717, 1.165) is 5.52 Å². The van der Waals surface area contributed by atoms with Crippen LogP contribution in [0.1, 0.15) is 19.4 Å². The number of nitrogens with zero attached hydrogens (tertiary/aromatic N) is 1. The zero-order valence-electron chi connectivity index (χ0n) is 12.4. The van der Waals surface area contributed by atoms with E-state index in [1.807, 2.05) is 0 Å². The minimum atomic E-state index is -1.09. The van der Waals surface area contributed by atoms with Crippen LogP contribution in [-0.2, 0) is 16.0 Å². The molecule has 0 saturated heterocycles. The van der Waals surface area contributed by atoms with E-state index in [1.54, 1.807) is 35.9 Å². The van der Waals surface area contributed by atoms with E-state index < -0.39 is 12.0 Å². The summed E-state index contributed by atoms with van der Waals surface area (Å²) in [6.45, 7) is 3.25. The van der Waals surface area contributed by atoms with Crippen molar-refractivity contribution >= 4 is 28.4 Å². The Kier molecular flexibility index (Phi) is 4.32. The third-order valence-electron chi connectivity index (χ3n) is 3.42. The number of hydrogen-bond acceptors (Lipinski definition) is 4. The molecule has 116 valence electrons. The zero-order chi connectivity index (χ0) is 16.4. The largest absolute Gasteiger partial charge is 0.508 e. The number of allylic oxidation sites excluding steroid dienone is 2. The number of nitrogens with two attached hydrogens (primary N) is 1. The van der Waals surface area contributed by atoms with Gasteiger partial charge >= 0.3 is 5.97 Å². The Labute approximate surface area is 127 Å². The molecule has 2 aromatic rings. The highest BCUT2D eigenvalue weighted by Gasteiger charge is 2.17. The highest BCUT2D eigenvalue weighted by molar-refractivity contribution is 5.95. The maximum Gasteiger partial charge on any atom is 0.320 e. The van der Waals surface area contributed by atoms with E-state index >= 15 is 0 Å². The van der Waals surface area contributed by atoms with Gasteiger partial charge in [-0.25, -0.2) is 0 Å². The lowest BCUT2D eigenvalue weighted by Gasteiger charge is -2.04. The van der Waals surface area contributed by atoms with Gasteiger partial charge in [0.15, 0.2) is 5.78 Å². The molecular weight excluding hydrogens is 284 g/mol. The fourth-order valence-electron chi connectivity index (χ4n) is 2.43. The number of aromatic nitrogens is 1. The van der Waals surface area contributed by atoms with Gasteiger partial charge in [-0.15, -0.1) is 0 Å². The molecule has 0 spiro atoms. The Balaban J connectivity index is 2.59. The van der Waals surface area contributed by atoms with Gasteiger partial charge in [-0.1, -0.05) is 0 Å². The normalized spacial score (nSPS) is 13.3. The number of carboxylic acids is 1. The van der Waals surface area contributed by atoms with Crippen molar-refractivity contribution in [2.45, 2.75) is 26.3 Å². The monoisotopic (exact) mass is 302 g/mol. The second kappa shape index (κ2) is 6.03. The van der Waals surface area contributed by atoms with Crippen LogP contribution < -0.4 is 5.73 Å². The van der Waals surface area contributed by atoms with Gasteiger partial charge in [-0.05, 0) is 37.6 Å². The Bertz CT molecular complexity index is 774. The Morgan fingerprint density at radius 3 is 2.64 bits per heavy atom. The maximum atomic E-state index is 11.3. The van der Waals surface area contributed by atoms with Crippen LogP contribution in [-0.4, -0.2) is 32.6 Å². The number of carboxylic acid groups (broad SMARTS) is 1. The summed E-state index contributed by atoms with van der Waals surface area (Å²) in [6, 6.07) is 3.80. The van der Waals surface area contributed by atoms with Crippen LogP contribution in [0.2, 0.25) is 0 Å². The fourth-order valence-corrected chi connectivity index (χ4v) is 2.43. The average Bonchev–Trinajstić information content (AvgIpc) is 2.76. The standard InChI is InChI=1S/C16H18N2O4/c1-9(5-10(2)19)18-8-11(6-14(17)16(21)22)13-7-12(20)3-4-15(13)18/h3-5,7-8,14,20H,6,17H2,1-2H3,(H,21,22)/t14-/m0/s1. The lowest BCUT2D eigenvalue weighted by molar-refractivity contribution is -0.138. The number of phenols is 1. The van der Waals surface area contributed by atoms with Gasteiger partial charge in [0.1, 0.15) is 11.8 Å². The summed E-state index contributed by atoms with van der Waals surface area (Å²) in [5.74, 6) is -1.08. The molecule has 1 heterocycles. The van der Waals surface area contributed by atoms with Crippen LogP contribution in [0.5, 0.6) is 5.75 Å². The van der Waals surface area contributed by atoms with Crippen molar-refractivity contribution in [1.82, 2.24) is 4.57 Å². The number of carbonyl (C=O) groups excluding carboxylic acids is 1. The lowest BCUT2D eigenvalue weighted by atomic mass is 10.1. The summed E-state index contributed by atoms with van der Waals surface area (Å²) in [5.41, 5.74) is 7.79. The number of rotatable bonds is 5. The Morgan fingerprint density at radius 2 is 2.05 bits per heavy atom. The summed E-state index contributed by atoms with van der Waals surface area (Å²) in [7, 11) is 0. The quantitative estimate of drug-likeness (QED) is 0.730. The van der Waals surface area contributed by atoms with E-state index in [-0.39, 0.29) is 18.0 Å². The first-order chi connectivity index (χ1) is 10.3. The highest BCUT2D eigenvalue weighted by atomic mass is 16.4. The number of phenolic OH excluding ortho intramolecular Hbond substituents is 1. The molecular formula is C16H18N2O4. The van der Waals surface area contributed by atoms with Crippen molar-refractivity contribution in [1.29, 1.82) is 0 Å². The number of fused-ring (bicyclic) bond motifs is 1. The first-order valence-electron chi connectivity index (χ1n) is 6.80. The van der Waals surface area contributed by atoms with E-state index in [4.69, 9.17) is 10.8 Å². The van der Waals surface area contributed by atoms with Gasteiger partial charge in [-0.3, -0.25) is 9.59 Å². The van der Waals surface area contributed by atoms with Crippen LogP contribution in [0.15, 0.2) is 30.5 Å². The molecule has 0 unspecified atom stereocenters. The van der Waals surface area contributed by atoms with Gasteiger partial charge in [-0.2, -0.15) is 0 Å². The molecule has 0 aliphatic carbocycles. The summed E-state index contributed by atoms with van der Waals surface area (Å²) in [6.07, 6.45) is 3.38. The Morgan fingerprint density at radius 1 is 1.36 bits per heavy atom. The third-order valence-corrected chi connectivity index (χ3v) is 3.42. The van der Waals surface area contributed by atoms with Crippen molar-refractivity contribution in [2.75, 3.05) is 0 Å². The summed E-state index contributed by atoms with van der Waals surface area (Å²) in [4.78, 5) is 22.2. The van der Waals surface area contributed by atoms with Gasteiger partial charge in [0.25, 0.3) is 0 Å². The van der Waals surface area contributed by atoms with Crippen LogP contribution in [0.3, 0.4) is 0 Å². The van der Waals surface area contributed by atoms with Crippen molar-refractivity contribution in [2.24, 2.45) is 5.73 Å². The van der Waals surface area contributed by atoms with Crippen LogP contribution in [0.4, 0.5) is 0 Å². The van der Waals surface area contributed by atoms with Crippen LogP contribution in [0.25, 0.3) is 16.6 Å². The smallest absolute Gasteiger partial charge is 0.320 e. The molecule has 4 N–H and O–H groups in total. The maximum absolute atomic E-state index is 11.3. The molecule has 0 amide bonds.